The van der Waals surface area contributed by atoms with Gasteiger partial charge in [-0.05, 0) is 29.8 Å². The molecule has 0 amide bonds. The van der Waals surface area contributed by atoms with Crippen LogP contribution in [0.2, 0.25) is 0 Å². The SMILES string of the molecule is N/C(=N\C(=N/Cc1ccc(-n2c3ccccc3c3ccc4c5ccccc5[nH]c4c32)cc1)c1ccccc1)c1ccccc1. The molecule has 210 valence electrons. The Hall–Kier alpha value is -5.94. The maximum atomic E-state index is 6.40. The van der Waals surface area contributed by atoms with Crippen LogP contribution in [0.5, 0.6) is 0 Å². The van der Waals surface area contributed by atoms with Crippen LogP contribution >= 0.6 is 0 Å². The molecule has 44 heavy (non-hydrogen) atoms. The summed E-state index contributed by atoms with van der Waals surface area (Å²) < 4.78 is 2.37. The van der Waals surface area contributed by atoms with E-state index < -0.39 is 0 Å². The summed E-state index contributed by atoms with van der Waals surface area (Å²) in [5.74, 6) is 1.05. The van der Waals surface area contributed by atoms with Crippen LogP contribution in [0.25, 0.3) is 49.3 Å². The van der Waals surface area contributed by atoms with Gasteiger partial charge in [0.1, 0.15) is 5.84 Å². The van der Waals surface area contributed by atoms with Crippen molar-refractivity contribution in [3.8, 4) is 5.69 Å². The summed E-state index contributed by atoms with van der Waals surface area (Å²) in [6.45, 7) is 0.482. The highest BCUT2D eigenvalue weighted by Gasteiger charge is 2.17. The van der Waals surface area contributed by atoms with Crippen molar-refractivity contribution in [2.24, 2.45) is 15.7 Å². The van der Waals surface area contributed by atoms with E-state index in [-0.39, 0.29) is 0 Å². The van der Waals surface area contributed by atoms with Crippen molar-refractivity contribution < 1.29 is 0 Å². The fourth-order valence-corrected chi connectivity index (χ4v) is 6.12. The molecule has 5 nitrogen and oxygen atoms in total. The van der Waals surface area contributed by atoms with Gasteiger partial charge in [-0.25, -0.2) is 4.99 Å². The standard InChI is InChI=1S/C39H29N5/c40-38(27-11-3-1-4-12-27)43-39(28-13-5-2-6-14-28)41-25-26-19-21-29(22-20-26)44-35-18-10-8-16-31(35)33-24-23-32-30-15-7-9-17-34(30)42-36(32)37(33)44/h1-24,42H,25H2,(H2,40,41,43). The Bertz CT molecular complexity index is 2340. The Labute approximate surface area is 254 Å². The highest BCUT2D eigenvalue weighted by molar-refractivity contribution is 6.22. The topological polar surface area (TPSA) is 71.5 Å². The normalized spacial score (nSPS) is 12.5. The first-order valence-corrected chi connectivity index (χ1v) is 14.8. The molecule has 0 unspecified atom stereocenters. The van der Waals surface area contributed by atoms with E-state index in [4.69, 9.17) is 15.7 Å². The Morgan fingerprint density at radius 1 is 0.591 bits per heavy atom. The molecule has 0 aliphatic rings. The first kappa shape index (κ1) is 25.7. The van der Waals surface area contributed by atoms with Crippen molar-refractivity contribution in [3.63, 3.8) is 0 Å². The molecule has 2 heterocycles. The molecule has 0 bridgehead atoms. The number of fused-ring (bicyclic) bond motifs is 7. The average molecular weight is 568 g/mol. The lowest BCUT2D eigenvalue weighted by molar-refractivity contribution is 1.05. The first-order valence-electron chi connectivity index (χ1n) is 14.8. The molecule has 0 aliphatic heterocycles. The Morgan fingerprint density at radius 3 is 2.00 bits per heavy atom. The zero-order chi connectivity index (χ0) is 29.5. The second-order valence-electron chi connectivity index (χ2n) is 10.9. The zero-order valence-corrected chi connectivity index (χ0v) is 24.0. The summed E-state index contributed by atoms with van der Waals surface area (Å²) in [5.41, 5.74) is 15.0. The van der Waals surface area contributed by atoms with Gasteiger partial charge in [-0.3, -0.25) is 4.99 Å². The fraction of sp³-hybridized carbons (Fsp3) is 0.0256. The Balaban J connectivity index is 1.21. The third-order valence-electron chi connectivity index (χ3n) is 8.25. The van der Waals surface area contributed by atoms with Crippen molar-refractivity contribution in [2.45, 2.75) is 6.54 Å². The number of nitrogens with two attached hydrogens (primary N) is 1. The van der Waals surface area contributed by atoms with Crippen molar-refractivity contribution in [2.75, 3.05) is 0 Å². The third-order valence-corrected chi connectivity index (χ3v) is 8.25. The summed E-state index contributed by atoms with van der Waals surface area (Å²) in [5, 5.41) is 4.93. The maximum absolute atomic E-state index is 6.40. The van der Waals surface area contributed by atoms with E-state index in [1.54, 1.807) is 0 Å². The number of hydrogen-bond acceptors (Lipinski definition) is 1. The van der Waals surface area contributed by atoms with Crippen LogP contribution in [0.4, 0.5) is 0 Å². The van der Waals surface area contributed by atoms with Gasteiger partial charge in [-0.2, -0.15) is 0 Å². The molecule has 0 radical (unpaired) electrons. The predicted molar refractivity (Wildman–Crippen MR) is 184 cm³/mol. The number of aromatic amines is 1. The summed E-state index contributed by atoms with van der Waals surface area (Å²) in [6.07, 6.45) is 0. The van der Waals surface area contributed by atoms with E-state index in [0.29, 0.717) is 18.2 Å². The number of nitrogens with zero attached hydrogens (tertiary/aromatic N) is 3. The van der Waals surface area contributed by atoms with E-state index in [0.717, 1.165) is 33.4 Å². The molecule has 8 rings (SSSR count). The van der Waals surface area contributed by atoms with Crippen LogP contribution in [0.15, 0.2) is 156 Å². The van der Waals surface area contributed by atoms with Gasteiger partial charge >= 0.3 is 0 Å². The molecule has 6 aromatic carbocycles. The quantitative estimate of drug-likeness (QED) is 0.158. The highest BCUT2D eigenvalue weighted by atomic mass is 15.0. The number of amidine groups is 2. The number of H-pyrrole nitrogens is 1. The molecule has 0 aliphatic carbocycles. The van der Waals surface area contributed by atoms with Crippen LogP contribution in [-0.2, 0) is 6.54 Å². The molecule has 0 atom stereocenters. The molecule has 5 heteroatoms. The summed E-state index contributed by atoms with van der Waals surface area (Å²) >= 11 is 0. The molecular weight excluding hydrogens is 538 g/mol. The van der Waals surface area contributed by atoms with Crippen molar-refractivity contribution in [1.82, 2.24) is 9.55 Å². The number of aromatic nitrogens is 2. The van der Waals surface area contributed by atoms with E-state index in [1.807, 2.05) is 60.7 Å². The van der Waals surface area contributed by atoms with Gasteiger partial charge in [0.05, 0.1) is 23.1 Å². The van der Waals surface area contributed by atoms with Crippen LogP contribution in [-0.4, -0.2) is 21.2 Å². The molecular formula is C39H29N5. The van der Waals surface area contributed by atoms with E-state index in [1.165, 1.54) is 32.6 Å². The van der Waals surface area contributed by atoms with Crippen LogP contribution in [0.1, 0.15) is 16.7 Å². The van der Waals surface area contributed by atoms with Crippen LogP contribution in [0, 0.1) is 0 Å². The summed E-state index contributed by atoms with van der Waals surface area (Å²) in [7, 11) is 0. The van der Waals surface area contributed by atoms with Crippen molar-refractivity contribution in [3.05, 3.63) is 162 Å². The highest BCUT2D eigenvalue weighted by Crippen LogP contribution is 2.38. The predicted octanol–water partition coefficient (Wildman–Crippen LogP) is 8.77. The van der Waals surface area contributed by atoms with Crippen molar-refractivity contribution in [1.29, 1.82) is 0 Å². The molecule has 2 aromatic heterocycles. The lowest BCUT2D eigenvalue weighted by atomic mass is 10.1. The largest absolute Gasteiger partial charge is 0.383 e. The van der Waals surface area contributed by atoms with E-state index >= 15 is 0 Å². The zero-order valence-electron chi connectivity index (χ0n) is 24.0. The van der Waals surface area contributed by atoms with Crippen LogP contribution < -0.4 is 5.73 Å². The number of hydrogen-bond donors (Lipinski definition) is 2. The van der Waals surface area contributed by atoms with Gasteiger partial charge in [0, 0.05) is 43.9 Å². The number of benzene rings is 6. The molecule has 0 spiro atoms. The van der Waals surface area contributed by atoms with Crippen LogP contribution in [0.3, 0.4) is 0 Å². The molecule has 0 saturated carbocycles. The summed E-state index contributed by atoms with van der Waals surface area (Å²) in [4.78, 5) is 13.4. The lowest BCUT2D eigenvalue weighted by Gasteiger charge is -2.10. The minimum atomic E-state index is 0.443. The van der Waals surface area contributed by atoms with Crippen molar-refractivity contribution >= 4 is 55.3 Å². The minimum absolute atomic E-state index is 0.443. The number of aliphatic imine (C=N–C) groups is 2. The average Bonchev–Trinajstić information content (AvgIpc) is 3.64. The third kappa shape index (κ3) is 4.43. The smallest absolute Gasteiger partial charge is 0.157 e. The monoisotopic (exact) mass is 567 g/mol. The number of nitrogens with one attached hydrogen (secondary N) is 1. The minimum Gasteiger partial charge on any atom is -0.383 e. The van der Waals surface area contributed by atoms with E-state index in [2.05, 4.69) is 94.5 Å². The van der Waals surface area contributed by atoms with Gasteiger partial charge in [0.2, 0.25) is 0 Å². The lowest BCUT2D eigenvalue weighted by Crippen LogP contribution is -2.16. The Morgan fingerprint density at radius 2 is 1.23 bits per heavy atom. The van der Waals surface area contributed by atoms with Gasteiger partial charge in [0.15, 0.2) is 5.84 Å². The molecule has 3 N–H and O–H groups in total. The Kier molecular flexibility index (Phi) is 6.27. The van der Waals surface area contributed by atoms with E-state index in [9.17, 15) is 0 Å². The van der Waals surface area contributed by atoms with Gasteiger partial charge in [-0.1, -0.05) is 121 Å². The maximum Gasteiger partial charge on any atom is 0.157 e. The summed E-state index contributed by atoms with van der Waals surface area (Å²) in [6, 6.07) is 50.1. The number of para-hydroxylation sites is 2. The number of rotatable bonds is 5. The first-order chi connectivity index (χ1) is 21.7. The van der Waals surface area contributed by atoms with Gasteiger partial charge < -0.3 is 15.3 Å². The molecule has 8 aromatic rings. The fourth-order valence-electron chi connectivity index (χ4n) is 6.12. The molecule has 0 saturated heterocycles. The van der Waals surface area contributed by atoms with Gasteiger partial charge in [0.25, 0.3) is 0 Å². The second kappa shape index (κ2) is 10.7. The molecule has 0 fully saturated rings. The van der Waals surface area contributed by atoms with Gasteiger partial charge in [-0.15, -0.1) is 0 Å². The second-order valence-corrected chi connectivity index (χ2v) is 10.9.